The van der Waals surface area contributed by atoms with Crippen LogP contribution in [0.3, 0.4) is 0 Å². The molecule has 5 N–H and O–H groups in total. The molecule has 0 saturated carbocycles. The van der Waals surface area contributed by atoms with Gasteiger partial charge < -0.3 is 21.5 Å². The number of nitrogen functional groups attached to an aromatic ring is 1. The number of primary amides is 1. The predicted octanol–water partition coefficient (Wildman–Crippen LogP) is 0.620. The number of hydrogen-bond donors (Lipinski definition) is 3. The fourth-order valence-corrected chi connectivity index (χ4v) is 2.28. The minimum absolute atomic E-state index is 0.109. The summed E-state index contributed by atoms with van der Waals surface area (Å²) >= 11 is 0. The normalized spacial score (nSPS) is 16.3. The molecule has 0 unspecified atom stereocenters. The first-order valence-corrected chi connectivity index (χ1v) is 6.02. The molecule has 0 radical (unpaired) electrons. The molecule has 102 valence electrons. The maximum absolute atomic E-state index is 11.1. The Morgan fingerprint density at radius 3 is 2.47 bits per heavy atom. The molecule has 1 aromatic heterocycles. The van der Waals surface area contributed by atoms with Crippen molar-refractivity contribution in [3.05, 3.63) is 23.5 Å². The molecule has 2 rings (SSSR count). The Balaban J connectivity index is 2.15. The van der Waals surface area contributed by atoms with Gasteiger partial charge in [-0.1, -0.05) is 0 Å². The van der Waals surface area contributed by atoms with E-state index in [0.29, 0.717) is 37.3 Å². The number of nitrogens with zero attached hydrogens (tertiary/aromatic N) is 2. The van der Waals surface area contributed by atoms with Gasteiger partial charge in [0.25, 0.3) is 5.91 Å². The third-order valence-electron chi connectivity index (χ3n) is 3.30. The van der Waals surface area contributed by atoms with Crippen molar-refractivity contribution in [1.82, 2.24) is 9.88 Å². The molecule has 1 aromatic rings. The van der Waals surface area contributed by atoms with Crippen molar-refractivity contribution < 1.29 is 14.7 Å². The summed E-state index contributed by atoms with van der Waals surface area (Å²) in [5.74, 6) is -0.506. The molecule has 0 bridgehead atoms. The highest BCUT2D eigenvalue weighted by atomic mass is 16.4. The molecule has 0 spiro atoms. The summed E-state index contributed by atoms with van der Waals surface area (Å²) in [5, 5.41) is 8.89. The lowest BCUT2D eigenvalue weighted by molar-refractivity contribution is 0.0995. The average molecular weight is 264 g/mol. The zero-order valence-corrected chi connectivity index (χ0v) is 10.4. The fourth-order valence-electron chi connectivity index (χ4n) is 2.28. The van der Waals surface area contributed by atoms with Gasteiger partial charge in [-0.05, 0) is 25.0 Å². The summed E-state index contributed by atoms with van der Waals surface area (Å²) in [6, 6.07) is 3.16. The minimum atomic E-state index is -0.906. The topological polar surface area (TPSA) is 123 Å². The monoisotopic (exact) mass is 264 g/mol. The van der Waals surface area contributed by atoms with E-state index >= 15 is 0 Å². The van der Waals surface area contributed by atoms with Crippen molar-refractivity contribution in [3.8, 4) is 0 Å². The standard InChI is InChI=1S/C12H16N4O3/c13-8-5-9(15-10(6-8)11(14)17)7-1-3-16(4-2-7)12(18)19/h5-7H,1-4H2,(H2,13,15)(H2,14,17)(H,18,19). The van der Waals surface area contributed by atoms with Crippen LogP contribution in [0.1, 0.15) is 34.9 Å². The van der Waals surface area contributed by atoms with Crippen molar-refractivity contribution in [3.63, 3.8) is 0 Å². The van der Waals surface area contributed by atoms with Crippen LogP contribution in [0.25, 0.3) is 0 Å². The number of piperidine rings is 1. The maximum Gasteiger partial charge on any atom is 0.407 e. The van der Waals surface area contributed by atoms with Crippen LogP contribution in [0.2, 0.25) is 0 Å². The second-order valence-electron chi connectivity index (χ2n) is 4.62. The van der Waals surface area contributed by atoms with E-state index in [-0.39, 0.29) is 11.6 Å². The minimum Gasteiger partial charge on any atom is -0.465 e. The average Bonchev–Trinajstić information content (AvgIpc) is 2.38. The van der Waals surface area contributed by atoms with Crippen LogP contribution >= 0.6 is 0 Å². The molecule has 1 fully saturated rings. The Bertz CT molecular complexity index is 510. The molecule has 2 amide bonds. The number of amides is 2. The van der Waals surface area contributed by atoms with Crippen LogP contribution in [0, 0.1) is 0 Å². The fraction of sp³-hybridized carbons (Fsp3) is 0.417. The highest BCUT2D eigenvalue weighted by Gasteiger charge is 2.24. The van der Waals surface area contributed by atoms with Crippen LogP contribution < -0.4 is 11.5 Å². The zero-order valence-electron chi connectivity index (χ0n) is 10.4. The number of likely N-dealkylation sites (tertiary alicyclic amines) is 1. The van der Waals surface area contributed by atoms with Crippen molar-refractivity contribution in [2.45, 2.75) is 18.8 Å². The first-order chi connectivity index (χ1) is 8.97. The second kappa shape index (κ2) is 5.13. The van der Waals surface area contributed by atoms with Gasteiger partial charge in [0.1, 0.15) is 5.69 Å². The first kappa shape index (κ1) is 13.1. The van der Waals surface area contributed by atoms with Crippen molar-refractivity contribution in [2.24, 2.45) is 5.73 Å². The number of nitrogens with two attached hydrogens (primary N) is 2. The number of carboxylic acid groups (broad SMARTS) is 1. The number of carbonyl (C=O) groups is 2. The van der Waals surface area contributed by atoms with Crippen molar-refractivity contribution in [1.29, 1.82) is 0 Å². The van der Waals surface area contributed by atoms with E-state index in [1.807, 2.05) is 0 Å². The van der Waals surface area contributed by atoms with Crippen LogP contribution in [0.15, 0.2) is 12.1 Å². The van der Waals surface area contributed by atoms with Gasteiger partial charge in [-0.25, -0.2) is 9.78 Å². The zero-order chi connectivity index (χ0) is 14.0. The van der Waals surface area contributed by atoms with Crippen molar-refractivity contribution >= 4 is 17.7 Å². The lowest BCUT2D eigenvalue weighted by atomic mass is 9.93. The number of rotatable bonds is 2. The molecule has 0 aliphatic carbocycles. The molecular formula is C12H16N4O3. The van der Waals surface area contributed by atoms with Crippen LogP contribution in [0.5, 0.6) is 0 Å². The van der Waals surface area contributed by atoms with Gasteiger partial charge in [-0.15, -0.1) is 0 Å². The number of anilines is 1. The van der Waals surface area contributed by atoms with Crippen LogP contribution in [-0.4, -0.2) is 40.1 Å². The van der Waals surface area contributed by atoms with Gasteiger partial charge in [0, 0.05) is 30.4 Å². The van der Waals surface area contributed by atoms with E-state index in [0.717, 1.165) is 0 Å². The summed E-state index contributed by atoms with van der Waals surface area (Å²) in [4.78, 5) is 27.6. The van der Waals surface area contributed by atoms with Crippen molar-refractivity contribution in [2.75, 3.05) is 18.8 Å². The number of carbonyl (C=O) groups excluding carboxylic acids is 1. The largest absolute Gasteiger partial charge is 0.465 e. The molecule has 1 saturated heterocycles. The molecule has 7 heteroatoms. The van der Waals surface area contributed by atoms with E-state index in [4.69, 9.17) is 16.6 Å². The van der Waals surface area contributed by atoms with Gasteiger partial charge in [0.2, 0.25) is 0 Å². The number of aromatic nitrogens is 1. The van der Waals surface area contributed by atoms with E-state index in [1.54, 1.807) is 6.07 Å². The number of pyridine rings is 1. The number of hydrogen-bond acceptors (Lipinski definition) is 4. The lowest BCUT2D eigenvalue weighted by Crippen LogP contribution is -2.37. The van der Waals surface area contributed by atoms with E-state index in [1.165, 1.54) is 11.0 Å². The maximum atomic E-state index is 11.1. The summed E-state index contributed by atoms with van der Waals surface area (Å²) in [5.41, 5.74) is 12.2. The molecule has 0 aromatic carbocycles. The Kier molecular flexibility index (Phi) is 3.55. The highest BCUT2D eigenvalue weighted by molar-refractivity contribution is 5.91. The van der Waals surface area contributed by atoms with E-state index in [9.17, 15) is 9.59 Å². The third kappa shape index (κ3) is 2.93. The van der Waals surface area contributed by atoms with Gasteiger partial charge in [-0.3, -0.25) is 4.79 Å². The molecule has 19 heavy (non-hydrogen) atoms. The quantitative estimate of drug-likeness (QED) is 0.722. The molecule has 7 nitrogen and oxygen atoms in total. The Morgan fingerprint density at radius 1 is 1.32 bits per heavy atom. The van der Waals surface area contributed by atoms with Gasteiger partial charge in [-0.2, -0.15) is 0 Å². The van der Waals surface area contributed by atoms with Crippen LogP contribution in [0.4, 0.5) is 10.5 Å². The Morgan fingerprint density at radius 2 is 1.95 bits per heavy atom. The van der Waals surface area contributed by atoms with Gasteiger partial charge in [0.15, 0.2) is 0 Å². The first-order valence-electron chi connectivity index (χ1n) is 6.02. The summed E-state index contributed by atoms with van der Waals surface area (Å²) < 4.78 is 0. The Hall–Kier alpha value is -2.31. The predicted molar refractivity (Wildman–Crippen MR) is 68.7 cm³/mol. The molecule has 1 aliphatic heterocycles. The van der Waals surface area contributed by atoms with E-state index < -0.39 is 12.0 Å². The highest BCUT2D eigenvalue weighted by Crippen LogP contribution is 2.28. The molecular weight excluding hydrogens is 248 g/mol. The smallest absolute Gasteiger partial charge is 0.407 e. The van der Waals surface area contributed by atoms with Gasteiger partial charge >= 0.3 is 6.09 Å². The molecule has 0 atom stereocenters. The Labute approximate surface area is 110 Å². The third-order valence-corrected chi connectivity index (χ3v) is 3.30. The van der Waals surface area contributed by atoms with E-state index in [2.05, 4.69) is 4.98 Å². The molecule has 1 aliphatic rings. The van der Waals surface area contributed by atoms with Gasteiger partial charge in [0.05, 0.1) is 0 Å². The summed E-state index contributed by atoms with van der Waals surface area (Å²) in [6.45, 7) is 0.921. The summed E-state index contributed by atoms with van der Waals surface area (Å²) in [7, 11) is 0. The molecule has 2 heterocycles. The second-order valence-corrected chi connectivity index (χ2v) is 4.62. The SMILES string of the molecule is NC(=O)c1cc(N)cc(C2CCN(C(=O)O)CC2)n1. The lowest BCUT2D eigenvalue weighted by Gasteiger charge is -2.29. The van der Waals surface area contributed by atoms with Crippen LogP contribution in [-0.2, 0) is 0 Å². The summed E-state index contributed by atoms with van der Waals surface area (Å²) in [6.07, 6.45) is 0.429.